The van der Waals surface area contributed by atoms with E-state index in [1.807, 2.05) is 0 Å². The van der Waals surface area contributed by atoms with Crippen molar-refractivity contribution in [2.24, 2.45) is 0 Å². The lowest BCUT2D eigenvalue weighted by Crippen LogP contribution is -2.41. The molecule has 13 heavy (non-hydrogen) atoms. The van der Waals surface area contributed by atoms with Gasteiger partial charge in [0.25, 0.3) is 0 Å². The van der Waals surface area contributed by atoms with Crippen molar-refractivity contribution in [1.29, 1.82) is 0 Å². The van der Waals surface area contributed by atoms with E-state index in [0.717, 1.165) is 6.54 Å². The molecular formula is C11H25NO. The molecule has 2 nitrogen and oxygen atoms in total. The van der Waals surface area contributed by atoms with Crippen molar-refractivity contribution in [3.8, 4) is 0 Å². The lowest BCUT2D eigenvalue weighted by molar-refractivity contribution is 0.109. The van der Waals surface area contributed by atoms with Crippen molar-refractivity contribution in [3.05, 3.63) is 0 Å². The van der Waals surface area contributed by atoms with Gasteiger partial charge in [-0.15, -0.1) is 0 Å². The van der Waals surface area contributed by atoms with Crippen LogP contribution in [0.25, 0.3) is 0 Å². The second kappa shape index (κ2) is 7.34. The Morgan fingerprint density at radius 1 is 1.23 bits per heavy atom. The first-order chi connectivity index (χ1) is 6.17. The Balaban J connectivity index is 4.11. The summed E-state index contributed by atoms with van der Waals surface area (Å²) < 4.78 is 0. The largest absolute Gasteiger partial charge is 0.395 e. The Kier molecular flexibility index (Phi) is 7.29. The molecule has 0 heterocycles. The molecule has 0 bridgehead atoms. The Hall–Kier alpha value is -0.0800. The van der Waals surface area contributed by atoms with Crippen molar-refractivity contribution < 1.29 is 5.11 Å². The maximum absolute atomic E-state index is 8.96. The molecule has 0 aromatic carbocycles. The van der Waals surface area contributed by atoms with Crippen LogP contribution in [0, 0.1) is 0 Å². The van der Waals surface area contributed by atoms with Gasteiger partial charge in [-0.3, -0.25) is 4.90 Å². The monoisotopic (exact) mass is 187 g/mol. The minimum absolute atomic E-state index is 0.276. The van der Waals surface area contributed by atoms with Crippen molar-refractivity contribution >= 4 is 0 Å². The predicted molar refractivity (Wildman–Crippen MR) is 57.9 cm³/mol. The van der Waals surface area contributed by atoms with Gasteiger partial charge in [0.1, 0.15) is 0 Å². The van der Waals surface area contributed by atoms with Gasteiger partial charge in [0.15, 0.2) is 0 Å². The third-order valence-electron chi connectivity index (χ3n) is 2.58. The van der Waals surface area contributed by atoms with E-state index in [0.29, 0.717) is 12.1 Å². The highest BCUT2D eigenvalue weighted by molar-refractivity contribution is 4.72. The summed E-state index contributed by atoms with van der Waals surface area (Å²) in [5.74, 6) is 0. The lowest BCUT2D eigenvalue weighted by atomic mass is 10.1. The van der Waals surface area contributed by atoms with E-state index < -0.39 is 0 Å². The summed E-state index contributed by atoms with van der Waals surface area (Å²) in [5, 5.41) is 8.96. The molecule has 0 fully saturated rings. The average Bonchev–Trinajstić information content (AvgIpc) is 2.10. The summed E-state index contributed by atoms with van der Waals surface area (Å²) in [4.78, 5) is 2.41. The number of aliphatic hydroxyl groups excluding tert-OH is 1. The first-order valence-corrected chi connectivity index (χ1v) is 5.53. The first-order valence-electron chi connectivity index (χ1n) is 5.53. The van der Waals surface area contributed by atoms with Gasteiger partial charge < -0.3 is 5.11 Å². The highest BCUT2D eigenvalue weighted by atomic mass is 16.3. The van der Waals surface area contributed by atoms with Crippen LogP contribution in [0.5, 0.6) is 0 Å². The highest BCUT2D eigenvalue weighted by Crippen LogP contribution is 2.13. The molecule has 2 heteroatoms. The molecule has 0 aromatic rings. The van der Waals surface area contributed by atoms with Crippen LogP contribution in [-0.2, 0) is 0 Å². The molecule has 0 unspecified atom stereocenters. The zero-order valence-corrected chi connectivity index (χ0v) is 9.58. The van der Waals surface area contributed by atoms with Crippen molar-refractivity contribution in [2.45, 2.75) is 59.0 Å². The lowest BCUT2D eigenvalue weighted by Gasteiger charge is -2.33. The predicted octanol–water partition coefficient (Wildman–Crippen LogP) is 2.27. The molecule has 0 aromatic heterocycles. The standard InChI is InChI=1S/C11H25NO/c1-5-7-11(6-2)12(8-9-13)10(3)4/h10-11,13H,5-9H2,1-4H3/t11-/m1/s1. The third kappa shape index (κ3) is 4.63. The quantitative estimate of drug-likeness (QED) is 0.661. The smallest absolute Gasteiger partial charge is 0.0558 e. The normalized spacial score (nSPS) is 14.1. The summed E-state index contributed by atoms with van der Waals surface area (Å²) >= 11 is 0. The minimum Gasteiger partial charge on any atom is -0.395 e. The molecule has 0 rings (SSSR count). The molecule has 1 N–H and O–H groups in total. The summed E-state index contributed by atoms with van der Waals surface area (Å²) in [6.07, 6.45) is 3.66. The molecule has 0 amide bonds. The summed E-state index contributed by atoms with van der Waals surface area (Å²) in [6, 6.07) is 1.20. The number of rotatable bonds is 7. The van der Waals surface area contributed by atoms with Crippen molar-refractivity contribution in [1.82, 2.24) is 4.90 Å². The van der Waals surface area contributed by atoms with Crippen molar-refractivity contribution in [2.75, 3.05) is 13.2 Å². The fourth-order valence-corrected chi connectivity index (χ4v) is 1.92. The fraction of sp³-hybridized carbons (Fsp3) is 1.00. The minimum atomic E-state index is 0.276. The molecule has 1 atom stereocenters. The van der Waals surface area contributed by atoms with E-state index in [2.05, 4.69) is 32.6 Å². The number of hydrogen-bond acceptors (Lipinski definition) is 2. The number of hydrogen-bond donors (Lipinski definition) is 1. The van der Waals surface area contributed by atoms with Gasteiger partial charge >= 0.3 is 0 Å². The molecule has 0 saturated carbocycles. The van der Waals surface area contributed by atoms with Crippen molar-refractivity contribution in [3.63, 3.8) is 0 Å². The Morgan fingerprint density at radius 3 is 2.15 bits per heavy atom. The van der Waals surface area contributed by atoms with Crippen LogP contribution in [0.3, 0.4) is 0 Å². The van der Waals surface area contributed by atoms with Gasteiger partial charge in [0.05, 0.1) is 6.61 Å². The van der Waals surface area contributed by atoms with Crippen LogP contribution in [-0.4, -0.2) is 35.2 Å². The zero-order valence-electron chi connectivity index (χ0n) is 9.58. The van der Waals surface area contributed by atoms with Gasteiger partial charge in [0, 0.05) is 18.6 Å². The van der Waals surface area contributed by atoms with Crippen LogP contribution >= 0.6 is 0 Å². The van der Waals surface area contributed by atoms with Gasteiger partial charge in [0.2, 0.25) is 0 Å². The first kappa shape index (κ1) is 12.9. The van der Waals surface area contributed by atoms with Crippen LogP contribution in [0.4, 0.5) is 0 Å². The SMILES string of the molecule is CCC[C@@H](CC)N(CCO)C(C)C. The second-order valence-electron chi connectivity index (χ2n) is 3.91. The molecule has 80 valence electrons. The van der Waals surface area contributed by atoms with E-state index >= 15 is 0 Å². The van der Waals surface area contributed by atoms with Gasteiger partial charge in [-0.2, -0.15) is 0 Å². The van der Waals surface area contributed by atoms with Gasteiger partial charge in [-0.05, 0) is 26.7 Å². The zero-order chi connectivity index (χ0) is 10.3. The Morgan fingerprint density at radius 2 is 1.85 bits per heavy atom. The van der Waals surface area contributed by atoms with Crippen LogP contribution < -0.4 is 0 Å². The Bertz CT molecular complexity index is 115. The molecule has 0 aliphatic rings. The van der Waals surface area contributed by atoms with Gasteiger partial charge in [-0.25, -0.2) is 0 Å². The number of nitrogens with zero attached hydrogens (tertiary/aromatic N) is 1. The average molecular weight is 187 g/mol. The summed E-state index contributed by atoms with van der Waals surface area (Å²) in [5.41, 5.74) is 0. The Labute approximate surface area is 82.9 Å². The van der Waals surface area contributed by atoms with E-state index in [1.165, 1.54) is 19.3 Å². The molecule has 0 spiro atoms. The fourth-order valence-electron chi connectivity index (χ4n) is 1.92. The molecule has 0 aliphatic heterocycles. The van der Waals surface area contributed by atoms with E-state index in [-0.39, 0.29) is 6.61 Å². The second-order valence-corrected chi connectivity index (χ2v) is 3.91. The van der Waals surface area contributed by atoms with Crippen LogP contribution in [0.15, 0.2) is 0 Å². The third-order valence-corrected chi connectivity index (χ3v) is 2.58. The molecule has 0 radical (unpaired) electrons. The van der Waals surface area contributed by atoms with E-state index in [9.17, 15) is 0 Å². The maximum atomic E-state index is 8.96. The topological polar surface area (TPSA) is 23.5 Å². The maximum Gasteiger partial charge on any atom is 0.0558 e. The van der Waals surface area contributed by atoms with E-state index in [1.54, 1.807) is 0 Å². The summed E-state index contributed by atoms with van der Waals surface area (Å²) in [7, 11) is 0. The van der Waals surface area contributed by atoms with Crippen LogP contribution in [0.2, 0.25) is 0 Å². The van der Waals surface area contributed by atoms with E-state index in [4.69, 9.17) is 5.11 Å². The number of aliphatic hydroxyl groups is 1. The van der Waals surface area contributed by atoms with Gasteiger partial charge in [-0.1, -0.05) is 20.3 Å². The molecule has 0 saturated heterocycles. The molecule has 0 aliphatic carbocycles. The highest BCUT2D eigenvalue weighted by Gasteiger charge is 2.17. The summed E-state index contributed by atoms with van der Waals surface area (Å²) in [6.45, 7) is 9.95. The molecular weight excluding hydrogens is 162 g/mol. The van der Waals surface area contributed by atoms with Crippen LogP contribution in [0.1, 0.15) is 47.0 Å².